The molecule has 3 aromatic rings. The van der Waals surface area contributed by atoms with E-state index in [1.54, 1.807) is 29.0 Å². The summed E-state index contributed by atoms with van der Waals surface area (Å²) in [5, 5.41) is 0. The first-order chi connectivity index (χ1) is 17.9. The standard InChI is InChI=1S/C29H30F2N2O4/c1-32(18-21-5-3-2-4-6-21)28(34)17-22-19-33(29(35)20-36-25-11-7-23(30)8-12-25)16-15-27(22)37-26-13-9-24(31)10-14-26/h2-14,22,27H,15-20H2,1H3/t22-,27-/m0/s1. The number of nitrogens with zero attached hydrogens (tertiary/aromatic N) is 2. The van der Waals surface area contributed by atoms with Gasteiger partial charge in [0, 0.05) is 45.4 Å². The molecule has 194 valence electrons. The van der Waals surface area contributed by atoms with Crippen molar-refractivity contribution < 1.29 is 27.8 Å². The molecule has 0 saturated carbocycles. The average Bonchev–Trinajstić information content (AvgIpc) is 2.91. The van der Waals surface area contributed by atoms with Gasteiger partial charge in [0.15, 0.2) is 6.61 Å². The molecule has 0 radical (unpaired) electrons. The Kier molecular flexibility index (Phi) is 8.72. The highest BCUT2D eigenvalue weighted by Crippen LogP contribution is 2.27. The predicted octanol–water partition coefficient (Wildman–Crippen LogP) is 4.69. The molecule has 0 N–H and O–H groups in total. The van der Waals surface area contributed by atoms with Crippen LogP contribution in [0.15, 0.2) is 78.9 Å². The summed E-state index contributed by atoms with van der Waals surface area (Å²) < 4.78 is 38.2. The minimum atomic E-state index is -0.383. The summed E-state index contributed by atoms with van der Waals surface area (Å²) in [7, 11) is 1.76. The Labute approximate surface area is 215 Å². The van der Waals surface area contributed by atoms with Crippen LogP contribution in [-0.2, 0) is 16.1 Å². The van der Waals surface area contributed by atoms with Gasteiger partial charge in [-0.3, -0.25) is 9.59 Å². The molecule has 0 spiro atoms. The summed E-state index contributed by atoms with van der Waals surface area (Å²) in [6.45, 7) is 1.04. The number of halogens is 2. The van der Waals surface area contributed by atoms with Crippen molar-refractivity contribution >= 4 is 11.8 Å². The summed E-state index contributed by atoms with van der Waals surface area (Å²) in [6, 6.07) is 21.0. The second-order valence-electron chi connectivity index (χ2n) is 9.18. The highest BCUT2D eigenvalue weighted by Gasteiger charge is 2.35. The van der Waals surface area contributed by atoms with Crippen LogP contribution in [0.5, 0.6) is 11.5 Å². The molecule has 1 saturated heterocycles. The maximum atomic E-state index is 13.4. The molecule has 0 aliphatic carbocycles. The number of piperidine rings is 1. The maximum Gasteiger partial charge on any atom is 0.260 e. The SMILES string of the molecule is CN(Cc1ccccc1)C(=O)C[C@H]1CN(C(=O)COc2ccc(F)cc2)CC[C@@H]1Oc1ccc(F)cc1. The van der Waals surface area contributed by atoms with E-state index < -0.39 is 0 Å². The van der Waals surface area contributed by atoms with Crippen molar-refractivity contribution in [2.45, 2.75) is 25.5 Å². The van der Waals surface area contributed by atoms with Gasteiger partial charge in [-0.2, -0.15) is 0 Å². The number of amides is 2. The summed E-state index contributed by atoms with van der Waals surface area (Å²) in [4.78, 5) is 29.4. The van der Waals surface area contributed by atoms with Crippen molar-refractivity contribution in [3.8, 4) is 11.5 Å². The smallest absolute Gasteiger partial charge is 0.260 e. The molecule has 0 bridgehead atoms. The van der Waals surface area contributed by atoms with Gasteiger partial charge < -0.3 is 19.3 Å². The molecule has 1 heterocycles. The molecule has 3 aromatic carbocycles. The Morgan fingerprint density at radius 3 is 2.19 bits per heavy atom. The van der Waals surface area contributed by atoms with E-state index in [-0.39, 0.29) is 48.5 Å². The molecule has 0 aromatic heterocycles. The molecule has 2 atom stereocenters. The van der Waals surface area contributed by atoms with Crippen molar-refractivity contribution in [1.29, 1.82) is 0 Å². The number of carbonyl (C=O) groups excluding carboxylic acids is 2. The van der Waals surface area contributed by atoms with Crippen LogP contribution in [0.1, 0.15) is 18.4 Å². The lowest BCUT2D eigenvalue weighted by atomic mass is 9.90. The van der Waals surface area contributed by atoms with Gasteiger partial charge in [0.05, 0.1) is 0 Å². The predicted molar refractivity (Wildman–Crippen MR) is 135 cm³/mol. The van der Waals surface area contributed by atoms with Gasteiger partial charge in [-0.1, -0.05) is 30.3 Å². The van der Waals surface area contributed by atoms with Crippen LogP contribution in [-0.4, -0.2) is 54.5 Å². The van der Waals surface area contributed by atoms with E-state index in [0.29, 0.717) is 37.6 Å². The number of rotatable bonds is 9. The minimum absolute atomic E-state index is 0.0570. The molecule has 6 nitrogen and oxygen atoms in total. The van der Waals surface area contributed by atoms with E-state index in [0.717, 1.165) is 5.56 Å². The Hall–Kier alpha value is -3.94. The molecular formula is C29H30F2N2O4. The number of hydrogen-bond acceptors (Lipinski definition) is 4. The Bertz CT molecular complexity index is 1170. The third kappa shape index (κ3) is 7.52. The first-order valence-electron chi connectivity index (χ1n) is 12.2. The number of carbonyl (C=O) groups is 2. The van der Waals surface area contributed by atoms with Gasteiger partial charge in [0.2, 0.25) is 5.91 Å². The van der Waals surface area contributed by atoms with Crippen LogP contribution in [0.3, 0.4) is 0 Å². The van der Waals surface area contributed by atoms with Crippen molar-refractivity contribution in [2.24, 2.45) is 5.92 Å². The molecule has 1 aliphatic rings. The van der Waals surface area contributed by atoms with Crippen LogP contribution in [0, 0.1) is 17.6 Å². The quantitative estimate of drug-likeness (QED) is 0.421. The highest BCUT2D eigenvalue weighted by atomic mass is 19.1. The summed E-state index contributed by atoms with van der Waals surface area (Å²) >= 11 is 0. The topological polar surface area (TPSA) is 59.1 Å². The van der Waals surface area contributed by atoms with Crippen molar-refractivity contribution in [1.82, 2.24) is 9.80 Å². The third-order valence-corrected chi connectivity index (χ3v) is 6.42. The fourth-order valence-electron chi connectivity index (χ4n) is 4.37. The van der Waals surface area contributed by atoms with E-state index in [2.05, 4.69) is 0 Å². The number of ether oxygens (including phenoxy) is 2. The number of benzene rings is 3. The molecule has 2 amide bonds. The Morgan fingerprint density at radius 2 is 1.54 bits per heavy atom. The van der Waals surface area contributed by atoms with Crippen molar-refractivity contribution in [2.75, 3.05) is 26.7 Å². The van der Waals surface area contributed by atoms with Crippen LogP contribution >= 0.6 is 0 Å². The summed E-state index contributed by atoms with van der Waals surface area (Å²) in [5.74, 6) is -0.369. The lowest BCUT2D eigenvalue weighted by Crippen LogP contribution is -2.50. The zero-order valence-electron chi connectivity index (χ0n) is 20.7. The summed E-state index contributed by atoms with van der Waals surface area (Å²) in [5.41, 5.74) is 1.02. The zero-order chi connectivity index (χ0) is 26.2. The lowest BCUT2D eigenvalue weighted by molar-refractivity contribution is -0.140. The van der Waals surface area contributed by atoms with Crippen LogP contribution in [0.25, 0.3) is 0 Å². The van der Waals surface area contributed by atoms with Crippen LogP contribution < -0.4 is 9.47 Å². The van der Waals surface area contributed by atoms with Crippen molar-refractivity contribution in [3.63, 3.8) is 0 Å². The molecule has 8 heteroatoms. The van der Waals surface area contributed by atoms with Crippen molar-refractivity contribution in [3.05, 3.63) is 96.1 Å². The fraction of sp³-hybridized carbons (Fsp3) is 0.310. The lowest BCUT2D eigenvalue weighted by Gasteiger charge is -2.38. The first kappa shape index (κ1) is 26.1. The monoisotopic (exact) mass is 508 g/mol. The molecule has 1 fully saturated rings. The fourth-order valence-corrected chi connectivity index (χ4v) is 4.37. The van der Waals surface area contributed by atoms with Gasteiger partial charge in [0.1, 0.15) is 29.2 Å². The molecule has 1 aliphatic heterocycles. The number of hydrogen-bond donors (Lipinski definition) is 0. The van der Waals surface area contributed by atoms with E-state index in [1.807, 2.05) is 30.3 Å². The van der Waals surface area contributed by atoms with Crippen LogP contribution in [0.2, 0.25) is 0 Å². The van der Waals surface area contributed by atoms with Gasteiger partial charge >= 0.3 is 0 Å². The second kappa shape index (κ2) is 12.3. The molecule has 4 rings (SSSR count). The molecule has 37 heavy (non-hydrogen) atoms. The van der Waals surface area contributed by atoms with Gasteiger partial charge in [0.25, 0.3) is 5.91 Å². The second-order valence-corrected chi connectivity index (χ2v) is 9.18. The molecule has 0 unspecified atom stereocenters. The van der Waals surface area contributed by atoms with Gasteiger partial charge in [-0.05, 0) is 54.1 Å². The Balaban J connectivity index is 1.41. The molecular weight excluding hydrogens is 478 g/mol. The van der Waals surface area contributed by atoms with Gasteiger partial charge in [-0.15, -0.1) is 0 Å². The van der Waals surface area contributed by atoms with E-state index in [9.17, 15) is 18.4 Å². The summed E-state index contributed by atoms with van der Waals surface area (Å²) in [6.07, 6.45) is 0.388. The van der Waals surface area contributed by atoms with E-state index in [1.165, 1.54) is 36.4 Å². The van der Waals surface area contributed by atoms with Gasteiger partial charge in [-0.25, -0.2) is 8.78 Å². The minimum Gasteiger partial charge on any atom is -0.490 e. The largest absolute Gasteiger partial charge is 0.490 e. The van der Waals surface area contributed by atoms with E-state index in [4.69, 9.17) is 9.47 Å². The zero-order valence-corrected chi connectivity index (χ0v) is 20.7. The third-order valence-electron chi connectivity index (χ3n) is 6.42. The highest BCUT2D eigenvalue weighted by molar-refractivity contribution is 5.79. The Morgan fingerprint density at radius 1 is 0.919 bits per heavy atom. The average molecular weight is 509 g/mol. The van der Waals surface area contributed by atoms with E-state index >= 15 is 0 Å². The first-order valence-corrected chi connectivity index (χ1v) is 12.2. The maximum absolute atomic E-state index is 13.4. The normalized spacial score (nSPS) is 17.2. The van der Waals surface area contributed by atoms with Crippen LogP contribution in [0.4, 0.5) is 8.78 Å². The number of likely N-dealkylation sites (tertiary alicyclic amines) is 1.